The highest BCUT2D eigenvalue weighted by atomic mass is 16.6. The summed E-state index contributed by atoms with van der Waals surface area (Å²) in [6.45, 7) is 5.30. The zero-order valence-electron chi connectivity index (χ0n) is 10.2. The maximum absolute atomic E-state index is 12.0. The van der Waals surface area contributed by atoms with Crippen molar-refractivity contribution in [3.63, 3.8) is 0 Å². The fourth-order valence-corrected chi connectivity index (χ4v) is 1.71. The van der Waals surface area contributed by atoms with E-state index in [0.717, 1.165) is 12.8 Å². The maximum atomic E-state index is 12.0. The van der Waals surface area contributed by atoms with Crippen molar-refractivity contribution >= 4 is 17.6 Å². The Morgan fingerprint density at radius 3 is 2.41 bits per heavy atom. The summed E-state index contributed by atoms with van der Waals surface area (Å²) in [4.78, 5) is 29.3. The summed E-state index contributed by atoms with van der Waals surface area (Å²) in [5.74, 6) is -1.30. The van der Waals surface area contributed by atoms with Crippen molar-refractivity contribution in [2.24, 2.45) is 5.16 Å². The van der Waals surface area contributed by atoms with E-state index in [1.54, 1.807) is 4.90 Å². The van der Waals surface area contributed by atoms with Crippen molar-refractivity contribution in [2.75, 3.05) is 13.1 Å². The lowest BCUT2D eigenvalue weighted by Crippen LogP contribution is -2.40. The first-order valence-electron chi connectivity index (χ1n) is 5.84. The van der Waals surface area contributed by atoms with Crippen LogP contribution in [0.25, 0.3) is 0 Å². The van der Waals surface area contributed by atoms with Crippen LogP contribution in [0, 0.1) is 0 Å². The number of nitrogens with zero attached hydrogens (tertiary/aromatic N) is 2. The summed E-state index contributed by atoms with van der Waals surface area (Å²) in [5, 5.41) is 12.1. The molecule has 0 aromatic carbocycles. The molecule has 1 unspecified atom stereocenters. The predicted molar refractivity (Wildman–Crippen MR) is 61.7 cm³/mol. The van der Waals surface area contributed by atoms with Gasteiger partial charge < -0.3 is 14.8 Å². The summed E-state index contributed by atoms with van der Waals surface area (Å²) in [6.07, 6.45) is 1.02. The number of hydrogen-bond donors (Lipinski definition) is 1. The van der Waals surface area contributed by atoms with Crippen molar-refractivity contribution in [3.8, 4) is 0 Å². The van der Waals surface area contributed by atoms with Crippen molar-refractivity contribution < 1.29 is 19.5 Å². The molecule has 0 saturated carbocycles. The molecule has 1 aliphatic heterocycles. The standard InChI is InChI=1S/C11H18N2O4/c1-3-5-13(6-4-2)10(14)9-7-8(11(15)16)12-17-9/h9H,3-7H2,1-2H3,(H,15,16). The Balaban J connectivity index is 2.56. The van der Waals surface area contributed by atoms with Gasteiger partial charge in [-0.15, -0.1) is 0 Å². The molecule has 1 atom stereocenters. The highest BCUT2D eigenvalue weighted by Crippen LogP contribution is 2.14. The molecule has 17 heavy (non-hydrogen) atoms. The molecule has 0 spiro atoms. The lowest BCUT2D eigenvalue weighted by atomic mass is 10.1. The molecule has 0 aliphatic carbocycles. The number of carbonyl (C=O) groups is 2. The van der Waals surface area contributed by atoms with Gasteiger partial charge in [0.1, 0.15) is 0 Å². The van der Waals surface area contributed by atoms with Gasteiger partial charge in [0.05, 0.1) is 0 Å². The monoisotopic (exact) mass is 242 g/mol. The molecule has 0 bridgehead atoms. The Kier molecular flexibility index (Phi) is 4.93. The van der Waals surface area contributed by atoms with E-state index in [9.17, 15) is 9.59 Å². The highest BCUT2D eigenvalue weighted by molar-refractivity contribution is 6.36. The minimum absolute atomic E-state index is 0.0537. The second kappa shape index (κ2) is 6.22. The second-order valence-electron chi connectivity index (χ2n) is 3.97. The average Bonchev–Trinajstić information content (AvgIpc) is 2.77. The molecule has 1 amide bonds. The van der Waals surface area contributed by atoms with Gasteiger partial charge in [-0.2, -0.15) is 0 Å². The van der Waals surface area contributed by atoms with Crippen LogP contribution in [0.4, 0.5) is 0 Å². The number of carboxylic acid groups (broad SMARTS) is 1. The molecule has 0 radical (unpaired) electrons. The van der Waals surface area contributed by atoms with E-state index in [2.05, 4.69) is 5.16 Å². The van der Waals surface area contributed by atoms with Crippen LogP contribution in [-0.4, -0.2) is 46.8 Å². The number of carboxylic acids is 1. The van der Waals surface area contributed by atoms with Gasteiger partial charge >= 0.3 is 5.97 Å². The largest absolute Gasteiger partial charge is 0.477 e. The normalized spacial score (nSPS) is 18.5. The van der Waals surface area contributed by atoms with Gasteiger partial charge in [-0.3, -0.25) is 4.79 Å². The topological polar surface area (TPSA) is 79.2 Å². The summed E-state index contributed by atoms with van der Waals surface area (Å²) in [5.41, 5.74) is -0.0868. The van der Waals surface area contributed by atoms with Crippen LogP contribution in [-0.2, 0) is 14.4 Å². The molecular weight excluding hydrogens is 224 g/mol. The van der Waals surface area contributed by atoms with Crippen LogP contribution < -0.4 is 0 Å². The first-order valence-corrected chi connectivity index (χ1v) is 5.84. The second-order valence-corrected chi connectivity index (χ2v) is 3.97. The smallest absolute Gasteiger partial charge is 0.353 e. The SMILES string of the molecule is CCCN(CCC)C(=O)C1CC(C(=O)O)=NO1. The fourth-order valence-electron chi connectivity index (χ4n) is 1.71. The Morgan fingerprint density at radius 1 is 1.41 bits per heavy atom. The van der Waals surface area contributed by atoms with Gasteiger partial charge in [-0.1, -0.05) is 19.0 Å². The number of oxime groups is 1. The molecule has 1 heterocycles. The molecule has 0 aromatic heterocycles. The number of amides is 1. The Morgan fingerprint density at radius 2 is 2.00 bits per heavy atom. The van der Waals surface area contributed by atoms with E-state index in [1.807, 2.05) is 13.8 Å². The van der Waals surface area contributed by atoms with Crippen molar-refractivity contribution in [3.05, 3.63) is 0 Å². The maximum Gasteiger partial charge on any atom is 0.353 e. The summed E-state index contributed by atoms with van der Waals surface area (Å²) in [7, 11) is 0. The molecule has 1 rings (SSSR count). The summed E-state index contributed by atoms with van der Waals surface area (Å²) >= 11 is 0. The van der Waals surface area contributed by atoms with Gasteiger partial charge in [-0.05, 0) is 12.8 Å². The van der Waals surface area contributed by atoms with Crippen LogP contribution >= 0.6 is 0 Å². The Labute approximate surface area is 100 Å². The zero-order valence-corrected chi connectivity index (χ0v) is 10.2. The predicted octanol–water partition coefficient (Wildman–Crippen LogP) is 0.865. The molecule has 0 fully saturated rings. The third-order valence-corrected chi connectivity index (χ3v) is 2.49. The molecule has 0 aromatic rings. The van der Waals surface area contributed by atoms with Gasteiger partial charge in [0.25, 0.3) is 5.91 Å². The van der Waals surface area contributed by atoms with Crippen LogP contribution in [0.2, 0.25) is 0 Å². The molecule has 96 valence electrons. The van der Waals surface area contributed by atoms with Crippen molar-refractivity contribution in [1.29, 1.82) is 0 Å². The molecule has 6 nitrogen and oxygen atoms in total. The minimum Gasteiger partial charge on any atom is -0.477 e. The van der Waals surface area contributed by atoms with Crippen molar-refractivity contribution in [1.82, 2.24) is 4.90 Å². The van der Waals surface area contributed by atoms with Crippen LogP contribution in [0.5, 0.6) is 0 Å². The van der Waals surface area contributed by atoms with Gasteiger partial charge in [0.15, 0.2) is 5.71 Å². The number of rotatable bonds is 6. The minimum atomic E-state index is -1.13. The summed E-state index contributed by atoms with van der Waals surface area (Å²) in [6, 6.07) is 0. The Hall–Kier alpha value is -1.59. The molecule has 1 aliphatic rings. The quantitative estimate of drug-likeness (QED) is 0.749. The Bertz CT molecular complexity index is 321. The van der Waals surface area contributed by atoms with Gasteiger partial charge in [0.2, 0.25) is 6.10 Å². The molecular formula is C11H18N2O4. The average molecular weight is 242 g/mol. The third-order valence-electron chi connectivity index (χ3n) is 2.49. The van der Waals surface area contributed by atoms with Crippen LogP contribution in [0.3, 0.4) is 0 Å². The zero-order chi connectivity index (χ0) is 12.8. The van der Waals surface area contributed by atoms with Crippen molar-refractivity contribution in [2.45, 2.75) is 39.2 Å². The molecule has 1 N–H and O–H groups in total. The lowest BCUT2D eigenvalue weighted by molar-refractivity contribution is -0.142. The van der Waals surface area contributed by atoms with Crippen LogP contribution in [0.1, 0.15) is 33.1 Å². The third kappa shape index (κ3) is 3.44. The van der Waals surface area contributed by atoms with Crippen LogP contribution in [0.15, 0.2) is 5.16 Å². The number of aliphatic carboxylic acids is 1. The number of hydrogen-bond acceptors (Lipinski definition) is 4. The van der Waals surface area contributed by atoms with E-state index in [0.29, 0.717) is 13.1 Å². The van der Waals surface area contributed by atoms with Gasteiger partial charge in [0, 0.05) is 19.5 Å². The van der Waals surface area contributed by atoms with E-state index in [-0.39, 0.29) is 18.0 Å². The summed E-state index contributed by atoms with van der Waals surface area (Å²) < 4.78 is 0. The van der Waals surface area contributed by atoms with E-state index in [1.165, 1.54) is 0 Å². The fraction of sp³-hybridized carbons (Fsp3) is 0.727. The number of carbonyl (C=O) groups excluding carboxylic acids is 1. The highest BCUT2D eigenvalue weighted by Gasteiger charge is 2.33. The van der Waals surface area contributed by atoms with E-state index >= 15 is 0 Å². The first kappa shape index (κ1) is 13.5. The molecule has 6 heteroatoms. The van der Waals surface area contributed by atoms with Gasteiger partial charge in [-0.25, -0.2) is 4.79 Å². The van der Waals surface area contributed by atoms with E-state index < -0.39 is 12.1 Å². The molecule has 0 saturated heterocycles. The first-order chi connectivity index (χ1) is 8.10. The lowest BCUT2D eigenvalue weighted by Gasteiger charge is -2.23. The van der Waals surface area contributed by atoms with E-state index in [4.69, 9.17) is 9.94 Å².